The van der Waals surface area contributed by atoms with Crippen LogP contribution in [0, 0.1) is 0 Å². The summed E-state index contributed by atoms with van der Waals surface area (Å²) in [6, 6.07) is 0. The number of hydrogen-bond donors (Lipinski definition) is 0. The van der Waals surface area contributed by atoms with Gasteiger partial charge in [-0.25, -0.2) is 0 Å². The first-order valence-electron chi connectivity index (χ1n) is 10.1. The summed E-state index contributed by atoms with van der Waals surface area (Å²) in [6.07, 6.45) is 11.3. The molecule has 152 valence electrons. The van der Waals surface area contributed by atoms with Gasteiger partial charge in [-0.2, -0.15) is 0 Å². The molecule has 0 heterocycles. The Morgan fingerprint density at radius 1 is 0.923 bits per heavy atom. The monoisotopic (exact) mass is 415 g/mol. The molecule has 0 radical (unpaired) electrons. The molecule has 0 amide bonds. The summed E-state index contributed by atoms with van der Waals surface area (Å²) in [5.41, 5.74) is 1.53. The molecule has 1 unspecified atom stereocenters. The van der Waals surface area contributed by atoms with Crippen LogP contribution in [0.25, 0.3) is 0 Å². The lowest BCUT2D eigenvalue weighted by Crippen LogP contribution is -2.48. The highest BCUT2D eigenvalue weighted by atomic mass is 31.1. The Morgan fingerprint density at radius 3 is 1.62 bits per heavy atom. The molecule has 2 nitrogen and oxygen atoms in total. The van der Waals surface area contributed by atoms with E-state index in [4.69, 9.17) is 8.85 Å². The van der Waals surface area contributed by atoms with Gasteiger partial charge in [0, 0.05) is 0 Å². The van der Waals surface area contributed by atoms with Crippen LogP contribution in [0.4, 0.5) is 0 Å². The maximum atomic E-state index is 6.80. The van der Waals surface area contributed by atoms with Gasteiger partial charge in [0.15, 0.2) is 16.6 Å². The first kappa shape index (κ1) is 24.3. The summed E-state index contributed by atoms with van der Waals surface area (Å²) in [6.45, 7) is 23.4. The van der Waals surface area contributed by atoms with Crippen molar-refractivity contribution in [1.82, 2.24) is 0 Å². The molecule has 1 fully saturated rings. The average molecular weight is 416 g/mol. The van der Waals surface area contributed by atoms with Crippen molar-refractivity contribution < 1.29 is 8.85 Å². The van der Waals surface area contributed by atoms with E-state index in [-0.39, 0.29) is 10.1 Å². The highest BCUT2D eigenvalue weighted by molar-refractivity contribution is 7.36. The van der Waals surface area contributed by atoms with E-state index in [0.717, 1.165) is 33.6 Å². The zero-order chi connectivity index (χ0) is 20.4. The summed E-state index contributed by atoms with van der Waals surface area (Å²) in [7, 11) is -2.78. The second-order valence-electron chi connectivity index (χ2n) is 11.0. The van der Waals surface area contributed by atoms with Crippen molar-refractivity contribution in [2.24, 2.45) is 0 Å². The second-order valence-corrected chi connectivity index (χ2v) is 21.4. The maximum Gasteiger partial charge on any atom is 0.192 e. The first-order chi connectivity index (χ1) is 11.6. The van der Waals surface area contributed by atoms with Crippen molar-refractivity contribution in [3.05, 3.63) is 11.6 Å². The molecule has 0 aliphatic heterocycles. The Hall–Kier alpha value is 0.264. The van der Waals surface area contributed by atoms with Crippen molar-refractivity contribution in [3.8, 4) is 0 Å². The molecule has 3 atom stereocenters. The van der Waals surface area contributed by atoms with E-state index in [2.05, 4.69) is 80.1 Å². The first-order valence-corrected chi connectivity index (χ1v) is 17.4. The average Bonchev–Trinajstić information content (AvgIpc) is 2.41. The smallest absolute Gasteiger partial charge is 0.192 e. The summed E-state index contributed by atoms with van der Waals surface area (Å²) < 4.78 is 13.6. The standard InChI is InChI=1S/C21H43O2PSi2/c1-20(2,3)25(8,9)22-18-14-17(12-13-24-7)15-19(16-18)23-26(10,11)21(4,5)6/h12,18-19H,7,13-16H2,1-6,8-11H3/p+1/t18-,19-/m1/s1. The molecule has 0 aromatic carbocycles. The molecule has 0 N–H and O–H groups in total. The highest BCUT2D eigenvalue weighted by Crippen LogP contribution is 2.42. The predicted molar refractivity (Wildman–Crippen MR) is 126 cm³/mol. The molecule has 1 aliphatic rings. The summed E-state index contributed by atoms with van der Waals surface area (Å²) in [4.78, 5) is 0. The van der Waals surface area contributed by atoms with Gasteiger partial charge in [0.2, 0.25) is 0 Å². The lowest BCUT2D eigenvalue weighted by Gasteiger charge is -2.45. The third-order valence-corrected chi connectivity index (χ3v) is 16.1. The molecule has 0 aromatic rings. The molecule has 0 aromatic heterocycles. The topological polar surface area (TPSA) is 18.5 Å². The van der Waals surface area contributed by atoms with Crippen LogP contribution in [0.15, 0.2) is 11.6 Å². The lowest BCUT2D eigenvalue weighted by atomic mass is 9.90. The van der Waals surface area contributed by atoms with Crippen LogP contribution in [0.3, 0.4) is 0 Å². The van der Waals surface area contributed by atoms with E-state index in [1.807, 2.05) is 0 Å². The quantitative estimate of drug-likeness (QED) is 0.264. The minimum absolute atomic E-state index is 0.249. The van der Waals surface area contributed by atoms with E-state index in [0.29, 0.717) is 12.2 Å². The van der Waals surface area contributed by atoms with E-state index >= 15 is 0 Å². The fourth-order valence-corrected chi connectivity index (χ4v) is 6.04. The second kappa shape index (κ2) is 8.74. The molecular formula is C21H44O2PSi2+. The van der Waals surface area contributed by atoms with Gasteiger partial charge in [-0.15, -0.1) is 0 Å². The Labute approximate surface area is 167 Å². The number of rotatable bonds is 6. The zero-order valence-electron chi connectivity index (χ0n) is 19.1. The Balaban J connectivity index is 2.98. The van der Waals surface area contributed by atoms with Crippen LogP contribution in [0.2, 0.25) is 36.3 Å². The van der Waals surface area contributed by atoms with Gasteiger partial charge in [0.05, 0.1) is 26.7 Å². The Kier molecular flexibility index (Phi) is 8.16. The minimum atomic E-state index is -1.76. The van der Waals surface area contributed by atoms with Crippen LogP contribution < -0.4 is 0 Å². The van der Waals surface area contributed by atoms with Crippen LogP contribution in [-0.2, 0) is 8.85 Å². The molecular weight excluding hydrogens is 371 g/mol. The van der Waals surface area contributed by atoms with Gasteiger partial charge in [0.1, 0.15) is 6.16 Å². The molecule has 0 saturated heterocycles. The summed E-state index contributed by atoms with van der Waals surface area (Å²) in [5, 5.41) is 0.498. The molecule has 1 rings (SSSR count). The van der Waals surface area contributed by atoms with E-state index < -0.39 is 16.6 Å². The molecule has 1 aliphatic carbocycles. The van der Waals surface area contributed by atoms with E-state index in [9.17, 15) is 0 Å². The van der Waals surface area contributed by atoms with Gasteiger partial charge in [-0.1, -0.05) is 47.1 Å². The van der Waals surface area contributed by atoms with Gasteiger partial charge < -0.3 is 8.85 Å². The molecule has 1 saturated carbocycles. The van der Waals surface area contributed by atoms with Gasteiger partial charge in [0.25, 0.3) is 0 Å². The highest BCUT2D eigenvalue weighted by Gasteiger charge is 2.43. The van der Waals surface area contributed by atoms with Crippen LogP contribution in [0.5, 0.6) is 0 Å². The van der Waals surface area contributed by atoms with Gasteiger partial charge in [-0.3, -0.25) is 0 Å². The van der Waals surface area contributed by atoms with Crippen molar-refractivity contribution in [2.45, 2.75) is 109 Å². The summed E-state index contributed by atoms with van der Waals surface area (Å²) >= 11 is 0. The fraction of sp³-hybridized carbons (Fsp3) is 0.857. The zero-order valence-corrected chi connectivity index (χ0v) is 22.1. The normalized spacial score (nSPS) is 23.4. The van der Waals surface area contributed by atoms with Crippen molar-refractivity contribution in [2.75, 3.05) is 6.16 Å². The van der Waals surface area contributed by atoms with Crippen molar-refractivity contribution in [3.63, 3.8) is 0 Å². The van der Waals surface area contributed by atoms with Gasteiger partial charge in [-0.05, 0) is 61.6 Å². The largest absolute Gasteiger partial charge is 0.414 e. The minimum Gasteiger partial charge on any atom is -0.414 e. The SMILES string of the molecule is C=[PH+]CC=C1C[C@@H](O[Si](C)(C)C(C)(C)C)C[C@H](O[Si](C)(C)C(C)(C)C)C1. The third kappa shape index (κ3) is 6.70. The van der Waals surface area contributed by atoms with E-state index in [1.165, 1.54) is 5.57 Å². The third-order valence-electron chi connectivity index (χ3n) is 6.58. The predicted octanol–water partition coefficient (Wildman–Crippen LogP) is 6.99. The van der Waals surface area contributed by atoms with Crippen molar-refractivity contribution >= 4 is 31.1 Å². The fourth-order valence-electron chi connectivity index (χ4n) is 2.88. The van der Waals surface area contributed by atoms with Gasteiger partial charge >= 0.3 is 0 Å². The Bertz CT molecular complexity index is 475. The number of hydrogen-bond acceptors (Lipinski definition) is 2. The molecule has 0 spiro atoms. The van der Waals surface area contributed by atoms with Crippen LogP contribution >= 0.6 is 8.20 Å². The molecule has 5 heteroatoms. The molecule has 0 bridgehead atoms. The van der Waals surface area contributed by atoms with Crippen molar-refractivity contribution in [1.29, 1.82) is 0 Å². The van der Waals surface area contributed by atoms with Crippen LogP contribution in [-0.4, -0.2) is 41.3 Å². The maximum absolute atomic E-state index is 6.80. The van der Waals surface area contributed by atoms with Crippen LogP contribution in [0.1, 0.15) is 60.8 Å². The Morgan fingerprint density at radius 2 is 1.31 bits per heavy atom. The molecule has 26 heavy (non-hydrogen) atoms. The number of allylic oxidation sites excluding steroid dienone is 1. The summed E-state index contributed by atoms with van der Waals surface area (Å²) in [5.74, 6) is 0. The lowest BCUT2D eigenvalue weighted by molar-refractivity contribution is 0.0725. The van der Waals surface area contributed by atoms with E-state index in [1.54, 1.807) is 0 Å².